The number of ether oxygens (including phenoxy) is 1. The number of nitrogens with one attached hydrogen (secondary N) is 2. The minimum absolute atomic E-state index is 0.217. The quantitative estimate of drug-likeness (QED) is 0.873. The van der Waals surface area contributed by atoms with Gasteiger partial charge >= 0.3 is 6.09 Å². The first-order valence-corrected chi connectivity index (χ1v) is 8.84. The Bertz CT molecular complexity index is 496. The average molecular weight is 325 g/mol. The molecule has 6 heteroatoms. The number of rotatable bonds is 5. The standard InChI is InChI=1S/C16H27N3O2S/c1-11-18-14(10-22-11)7-8-17-12-5-6-13(9-12)19-15(20)21-16(2,3)4/h10,12-13,17H,5-9H2,1-4H3,(H,19,20). The molecule has 0 radical (unpaired) electrons. The first kappa shape index (κ1) is 17.2. The Balaban J connectivity index is 1.64. The smallest absolute Gasteiger partial charge is 0.407 e. The van der Waals surface area contributed by atoms with Gasteiger partial charge < -0.3 is 15.4 Å². The fraction of sp³-hybridized carbons (Fsp3) is 0.750. The van der Waals surface area contributed by atoms with E-state index in [1.54, 1.807) is 11.3 Å². The van der Waals surface area contributed by atoms with Crippen LogP contribution in [0, 0.1) is 6.92 Å². The van der Waals surface area contributed by atoms with Gasteiger partial charge in [-0.2, -0.15) is 0 Å². The molecule has 2 rings (SSSR count). The van der Waals surface area contributed by atoms with Crippen LogP contribution in [0.25, 0.3) is 0 Å². The zero-order chi connectivity index (χ0) is 16.2. The summed E-state index contributed by atoms with van der Waals surface area (Å²) in [5.41, 5.74) is 0.725. The third-order valence-electron chi connectivity index (χ3n) is 3.63. The number of carbonyl (C=O) groups excluding carboxylic acids is 1. The molecule has 1 amide bonds. The van der Waals surface area contributed by atoms with Gasteiger partial charge in [-0.3, -0.25) is 0 Å². The number of alkyl carbamates (subject to hydrolysis) is 1. The van der Waals surface area contributed by atoms with Crippen molar-refractivity contribution in [2.75, 3.05) is 6.54 Å². The largest absolute Gasteiger partial charge is 0.444 e. The molecule has 22 heavy (non-hydrogen) atoms. The van der Waals surface area contributed by atoms with Gasteiger partial charge in [0.25, 0.3) is 0 Å². The molecule has 0 aliphatic heterocycles. The Morgan fingerprint density at radius 2 is 2.14 bits per heavy atom. The molecule has 0 aromatic carbocycles. The SMILES string of the molecule is Cc1nc(CCNC2CCC(NC(=O)OC(C)(C)C)C2)cs1. The monoisotopic (exact) mass is 325 g/mol. The third kappa shape index (κ3) is 5.93. The van der Waals surface area contributed by atoms with Crippen molar-refractivity contribution in [3.05, 3.63) is 16.1 Å². The minimum atomic E-state index is -0.438. The number of thiazole rings is 1. The van der Waals surface area contributed by atoms with E-state index >= 15 is 0 Å². The van der Waals surface area contributed by atoms with Crippen LogP contribution >= 0.6 is 11.3 Å². The molecular weight excluding hydrogens is 298 g/mol. The van der Waals surface area contributed by atoms with Crippen molar-refractivity contribution in [2.45, 2.75) is 71.1 Å². The number of aryl methyl sites for hydroxylation is 1. The molecule has 1 aromatic rings. The van der Waals surface area contributed by atoms with Gasteiger partial charge in [-0.05, 0) is 47.0 Å². The lowest BCUT2D eigenvalue weighted by molar-refractivity contribution is 0.0505. The molecular formula is C16H27N3O2S. The summed E-state index contributed by atoms with van der Waals surface area (Å²) in [4.78, 5) is 16.2. The van der Waals surface area contributed by atoms with Crippen LogP contribution in [0.15, 0.2) is 5.38 Å². The van der Waals surface area contributed by atoms with E-state index in [-0.39, 0.29) is 12.1 Å². The highest BCUT2D eigenvalue weighted by molar-refractivity contribution is 7.09. The summed E-state index contributed by atoms with van der Waals surface area (Å²) in [5, 5.41) is 9.77. The summed E-state index contributed by atoms with van der Waals surface area (Å²) < 4.78 is 5.30. The van der Waals surface area contributed by atoms with E-state index in [2.05, 4.69) is 21.0 Å². The van der Waals surface area contributed by atoms with Crippen molar-refractivity contribution in [2.24, 2.45) is 0 Å². The van der Waals surface area contributed by atoms with Gasteiger partial charge in [0.2, 0.25) is 0 Å². The lowest BCUT2D eigenvalue weighted by atomic mass is 10.2. The molecule has 124 valence electrons. The molecule has 0 saturated heterocycles. The predicted molar refractivity (Wildman–Crippen MR) is 89.4 cm³/mol. The molecule has 1 fully saturated rings. The molecule has 2 unspecified atom stereocenters. The molecule has 1 aromatic heterocycles. The van der Waals surface area contributed by atoms with Crippen LogP contribution in [0.2, 0.25) is 0 Å². The zero-order valence-electron chi connectivity index (χ0n) is 13.9. The molecule has 1 aliphatic carbocycles. The highest BCUT2D eigenvalue weighted by Gasteiger charge is 2.27. The second-order valence-electron chi connectivity index (χ2n) is 6.92. The van der Waals surface area contributed by atoms with Gasteiger partial charge in [0.15, 0.2) is 0 Å². The Hall–Kier alpha value is -1.14. The number of nitrogens with zero attached hydrogens (tertiary/aromatic N) is 1. The highest BCUT2D eigenvalue weighted by atomic mass is 32.1. The summed E-state index contributed by atoms with van der Waals surface area (Å²) in [6.45, 7) is 8.61. The van der Waals surface area contributed by atoms with Crippen molar-refractivity contribution in [1.82, 2.24) is 15.6 Å². The second-order valence-corrected chi connectivity index (χ2v) is 7.98. The Morgan fingerprint density at radius 3 is 2.77 bits per heavy atom. The van der Waals surface area contributed by atoms with Gasteiger partial charge in [-0.15, -0.1) is 11.3 Å². The van der Waals surface area contributed by atoms with Crippen LogP contribution in [0.1, 0.15) is 50.7 Å². The summed E-state index contributed by atoms with van der Waals surface area (Å²) in [7, 11) is 0. The van der Waals surface area contributed by atoms with Crippen molar-refractivity contribution in [3.8, 4) is 0 Å². The van der Waals surface area contributed by atoms with Crippen LogP contribution in [-0.2, 0) is 11.2 Å². The lowest BCUT2D eigenvalue weighted by Gasteiger charge is -2.21. The van der Waals surface area contributed by atoms with Gasteiger partial charge in [-0.1, -0.05) is 0 Å². The first-order chi connectivity index (χ1) is 10.3. The number of aromatic nitrogens is 1. The third-order valence-corrected chi connectivity index (χ3v) is 4.46. The van der Waals surface area contributed by atoms with E-state index in [1.165, 1.54) is 0 Å². The topological polar surface area (TPSA) is 63.2 Å². The van der Waals surface area contributed by atoms with Crippen molar-refractivity contribution < 1.29 is 9.53 Å². The minimum Gasteiger partial charge on any atom is -0.444 e. The Morgan fingerprint density at radius 1 is 1.41 bits per heavy atom. The van der Waals surface area contributed by atoms with Gasteiger partial charge in [0.05, 0.1) is 10.7 Å². The number of carbonyl (C=O) groups is 1. The molecule has 2 N–H and O–H groups in total. The van der Waals surface area contributed by atoms with Crippen molar-refractivity contribution in [1.29, 1.82) is 0 Å². The zero-order valence-corrected chi connectivity index (χ0v) is 14.8. The van der Waals surface area contributed by atoms with E-state index in [4.69, 9.17) is 4.74 Å². The number of hydrogen-bond acceptors (Lipinski definition) is 5. The van der Waals surface area contributed by atoms with E-state index in [9.17, 15) is 4.79 Å². The fourth-order valence-electron chi connectivity index (χ4n) is 2.70. The maximum absolute atomic E-state index is 11.8. The van der Waals surface area contributed by atoms with Crippen molar-refractivity contribution in [3.63, 3.8) is 0 Å². The predicted octanol–water partition coefficient (Wildman–Crippen LogP) is 3.03. The van der Waals surface area contributed by atoms with Gasteiger partial charge in [0.1, 0.15) is 5.60 Å². The Kier molecular flexibility index (Phi) is 5.81. The summed E-state index contributed by atoms with van der Waals surface area (Å²) in [6, 6.07) is 0.688. The van der Waals surface area contributed by atoms with Crippen molar-refractivity contribution >= 4 is 17.4 Å². The van der Waals surface area contributed by atoms with E-state index in [0.717, 1.165) is 42.9 Å². The molecule has 2 atom stereocenters. The molecule has 1 aliphatic rings. The average Bonchev–Trinajstić information content (AvgIpc) is 2.97. The Labute approximate surface area is 136 Å². The van der Waals surface area contributed by atoms with Crippen LogP contribution in [0.3, 0.4) is 0 Å². The summed E-state index contributed by atoms with van der Waals surface area (Å²) >= 11 is 1.70. The molecule has 0 spiro atoms. The van der Waals surface area contributed by atoms with E-state index in [0.29, 0.717) is 6.04 Å². The summed E-state index contributed by atoms with van der Waals surface area (Å²) in [6.07, 6.45) is 3.72. The maximum atomic E-state index is 11.8. The normalized spacial score (nSPS) is 21.8. The van der Waals surface area contributed by atoms with E-state index in [1.807, 2.05) is 27.7 Å². The first-order valence-electron chi connectivity index (χ1n) is 7.96. The van der Waals surface area contributed by atoms with Crippen LogP contribution in [-0.4, -0.2) is 35.3 Å². The van der Waals surface area contributed by atoms with Gasteiger partial charge in [-0.25, -0.2) is 9.78 Å². The van der Waals surface area contributed by atoms with E-state index < -0.39 is 5.60 Å². The molecule has 0 bridgehead atoms. The molecule has 1 saturated carbocycles. The van der Waals surface area contributed by atoms with Gasteiger partial charge in [0, 0.05) is 30.4 Å². The number of amides is 1. The van der Waals surface area contributed by atoms with Crippen LogP contribution in [0.5, 0.6) is 0 Å². The molecule has 1 heterocycles. The fourth-order valence-corrected chi connectivity index (χ4v) is 3.35. The summed E-state index contributed by atoms with van der Waals surface area (Å²) in [5.74, 6) is 0. The second kappa shape index (κ2) is 7.42. The van der Waals surface area contributed by atoms with Crippen LogP contribution in [0.4, 0.5) is 4.79 Å². The maximum Gasteiger partial charge on any atom is 0.407 e. The number of hydrogen-bond donors (Lipinski definition) is 2. The lowest BCUT2D eigenvalue weighted by Crippen LogP contribution is -2.39. The van der Waals surface area contributed by atoms with Crippen LogP contribution < -0.4 is 10.6 Å². The highest BCUT2D eigenvalue weighted by Crippen LogP contribution is 2.20. The molecule has 5 nitrogen and oxygen atoms in total.